The molecule has 1 aromatic rings. The summed E-state index contributed by atoms with van der Waals surface area (Å²) in [4.78, 5) is 3.27. The molecule has 0 aliphatic heterocycles. The Balaban J connectivity index is 2.92. The van der Waals surface area contributed by atoms with Gasteiger partial charge in [-0.05, 0) is 12.1 Å². The van der Waals surface area contributed by atoms with E-state index in [4.69, 9.17) is 0 Å². The predicted molar refractivity (Wildman–Crippen MR) is 46.0 cm³/mol. The second-order valence-corrected chi connectivity index (χ2v) is 2.80. The summed E-state index contributed by atoms with van der Waals surface area (Å²) >= 11 is 0. The largest absolute Gasteiger partial charge is 0.433 e. The van der Waals surface area contributed by atoms with Crippen molar-refractivity contribution in [3.63, 3.8) is 0 Å². The molecule has 1 rings (SSSR count). The number of aromatic nitrogens is 1. The van der Waals surface area contributed by atoms with Crippen molar-refractivity contribution in [1.29, 1.82) is 0 Å². The van der Waals surface area contributed by atoms with Crippen molar-refractivity contribution >= 4 is 7.28 Å². The van der Waals surface area contributed by atoms with Gasteiger partial charge in [0, 0.05) is 6.20 Å². The number of hydrogen-bond donors (Lipinski definition) is 0. The van der Waals surface area contributed by atoms with Gasteiger partial charge >= 0.3 is 6.18 Å². The van der Waals surface area contributed by atoms with E-state index in [0.29, 0.717) is 11.9 Å². The van der Waals surface area contributed by atoms with E-state index in [2.05, 4.69) is 4.98 Å². The van der Waals surface area contributed by atoms with Crippen LogP contribution >= 0.6 is 0 Å². The second kappa shape index (κ2) is 3.81. The van der Waals surface area contributed by atoms with Gasteiger partial charge in [0.25, 0.3) is 0 Å². The smallest absolute Gasteiger partial charge is 0.252 e. The van der Waals surface area contributed by atoms with Gasteiger partial charge in [0.2, 0.25) is 0 Å². The molecule has 0 radical (unpaired) electrons. The third-order valence-corrected chi connectivity index (χ3v) is 1.65. The van der Waals surface area contributed by atoms with Crippen LogP contribution in [0.4, 0.5) is 13.2 Å². The number of halogens is 3. The summed E-state index contributed by atoms with van der Waals surface area (Å²) < 4.78 is 36.4. The van der Waals surface area contributed by atoms with Crippen LogP contribution in [0.5, 0.6) is 0 Å². The highest BCUT2D eigenvalue weighted by Crippen LogP contribution is 2.27. The second-order valence-electron chi connectivity index (χ2n) is 2.80. The van der Waals surface area contributed by atoms with Crippen LogP contribution in [-0.4, -0.2) is 12.3 Å². The topological polar surface area (TPSA) is 12.9 Å². The Kier molecular flexibility index (Phi) is 2.96. The molecule has 5 heteroatoms. The quantitative estimate of drug-likeness (QED) is 0.645. The normalized spacial score (nSPS) is 11.4. The molecule has 0 atom stereocenters. The van der Waals surface area contributed by atoms with Gasteiger partial charge in [-0.1, -0.05) is 18.7 Å². The molecule has 0 saturated carbocycles. The minimum atomic E-state index is -4.33. The molecule has 0 aliphatic rings. The molecule has 0 fully saturated rings. The van der Waals surface area contributed by atoms with Crippen LogP contribution in [0.3, 0.4) is 0 Å². The fourth-order valence-electron chi connectivity index (χ4n) is 1.07. The average Bonchev–Trinajstić information content (AvgIpc) is 2.04. The third kappa shape index (κ3) is 2.75. The van der Waals surface area contributed by atoms with Gasteiger partial charge in [-0.25, -0.2) is 0 Å². The van der Waals surface area contributed by atoms with Crippen LogP contribution in [0.2, 0.25) is 6.82 Å². The van der Waals surface area contributed by atoms with Gasteiger partial charge in [-0.15, -0.1) is 0 Å². The minimum Gasteiger partial charge on any atom is -0.252 e. The molecule has 0 bridgehead atoms. The van der Waals surface area contributed by atoms with Gasteiger partial charge in [0.15, 0.2) is 0 Å². The SMILES string of the molecule is CBCc1ccnc(C(F)(F)F)c1. The van der Waals surface area contributed by atoms with Gasteiger partial charge in [0.1, 0.15) is 13.0 Å². The summed E-state index contributed by atoms with van der Waals surface area (Å²) in [6.45, 7) is 1.92. The fraction of sp³-hybridized carbons (Fsp3) is 0.375. The zero-order valence-electron chi connectivity index (χ0n) is 7.23. The van der Waals surface area contributed by atoms with Gasteiger partial charge in [-0.2, -0.15) is 13.2 Å². The Labute approximate surface area is 75.2 Å². The molecule has 70 valence electrons. The van der Waals surface area contributed by atoms with Crippen LogP contribution in [0.25, 0.3) is 0 Å². The zero-order chi connectivity index (χ0) is 9.90. The van der Waals surface area contributed by atoms with E-state index in [1.807, 2.05) is 6.82 Å². The Morgan fingerprint density at radius 2 is 2.15 bits per heavy atom. The van der Waals surface area contributed by atoms with Gasteiger partial charge in [0.05, 0.1) is 0 Å². The molecule has 0 amide bonds. The first-order chi connectivity index (χ1) is 6.04. The van der Waals surface area contributed by atoms with Crippen molar-refractivity contribution in [3.05, 3.63) is 29.6 Å². The molecule has 0 aromatic carbocycles. The fourth-order valence-corrected chi connectivity index (χ4v) is 1.07. The molecule has 1 aromatic heterocycles. The van der Waals surface area contributed by atoms with Crippen LogP contribution < -0.4 is 0 Å². The summed E-state index contributed by atoms with van der Waals surface area (Å²) in [5.41, 5.74) is -0.122. The molecular formula is C8H9BF3N. The number of hydrogen-bond acceptors (Lipinski definition) is 1. The van der Waals surface area contributed by atoms with Crippen molar-refractivity contribution in [3.8, 4) is 0 Å². The molecule has 0 aliphatic carbocycles. The van der Waals surface area contributed by atoms with Gasteiger partial charge < -0.3 is 0 Å². The Morgan fingerprint density at radius 3 is 2.69 bits per heavy atom. The number of pyridine rings is 1. The van der Waals surface area contributed by atoms with Crippen molar-refractivity contribution in [2.24, 2.45) is 0 Å². The molecule has 0 spiro atoms. The number of alkyl halides is 3. The summed E-state index contributed by atoms with van der Waals surface area (Å²) in [5.74, 6) is 0. The lowest BCUT2D eigenvalue weighted by Gasteiger charge is -2.06. The van der Waals surface area contributed by atoms with Crippen molar-refractivity contribution in [2.75, 3.05) is 0 Å². The first kappa shape index (κ1) is 10.1. The van der Waals surface area contributed by atoms with Crippen LogP contribution in [0.1, 0.15) is 11.3 Å². The Hall–Kier alpha value is -0.995. The maximum absolute atomic E-state index is 12.1. The highest BCUT2D eigenvalue weighted by Gasteiger charge is 2.32. The van der Waals surface area contributed by atoms with Crippen molar-refractivity contribution in [1.82, 2.24) is 4.98 Å². The first-order valence-corrected chi connectivity index (χ1v) is 4.06. The minimum absolute atomic E-state index is 0.658. The lowest BCUT2D eigenvalue weighted by molar-refractivity contribution is -0.141. The van der Waals surface area contributed by atoms with E-state index in [9.17, 15) is 13.2 Å². The summed E-state index contributed by atoms with van der Waals surface area (Å²) in [7, 11) is 0.835. The lowest BCUT2D eigenvalue weighted by Crippen LogP contribution is -2.08. The van der Waals surface area contributed by atoms with Gasteiger partial charge in [-0.3, -0.25) is 4.98 Å². The van der Waals surface area contributed by atoms with Crippen molar-refractivity contribution in [2.45, 2.75) is 19.3 Å². The summed E-state index contributed by atoms with van der Waals surface area (Å²) in [6.07, 6.45) is -2.47. The third-order valence-electron chi connectivity index (χ3n) is 1.65. The van der Waals surface area contributed by atoms with Crippen molar-refractivity contribution < 1.29 is 13.2 Å². The number of rotatable bonds is 2. The van der Waals surface area contributed by atoms with E-state index in [1.54, 1.807) is 6.07 Å². The molecule has 1 heterocycles. The maximum Gasteiger partial charge on any atom is 0.433 e. The van der Waals surface area contributed by atoms with Crippen LogP contribution in [0.15, 0.2) is 18.3 Å². The maximum atomic E-state index is 12.1. The van der Waals surface area contributed by atoms with E-state index >= 15 is 0 Å². The van der Waals surface area contributed by atoms with E-state index in [0.717, 1.165) is 13.3 Å². The highest BCUT2D eigenvalue weighted by molar-refractivity contribution is 6.32. The first-order valence-electron chi connectivity index (χ1n) is 4.06. The van der Waals surface area contributed by atoms with Crippen LogP contribution in [0, 0.1) is 0 Å². The number of nitrogens with zero attached hydrogens (tertiary/aromatic N) is 1. The summed E-state index contributed by atoms with van der Waals surface area (Å²) in [5, 5.41) is 0. The standard InChI is InChI=1S/C8H9BF3N/c1-9-5-6-2-3-13-7(4-6)8(10,11)12/h2-4,9H,5H2,1H3. The molecule has 13 heavy (non-hydrogen) atoms. The zero-order valence-corrected chi connectivity index (χ0v) is 7.23. The highest BCUT2D eigenvalue weighted by atomic mass is 19.4. The molecular weight excluding hydrogens is 178 g/mol. The molecule has 1 nitrogen and oxygen atoms in total. The predicted octanol–water partition coefficient (Wildman–Crippen LogP) is 2.08. The van der Waals surface area contributed by atoms with E-state index in [1.165, 1.54) is 6.20 Å². The summed E-state index contributed by atoms with van der Waals surface area (Å²) in [6, 6.07) is 2.71. The molecule has 0 saturated heterocycles. The Bertz CT molecular complexity index is 285. The molecule has 0 N–H and O–H groups in total. The molecule has 0 unspecified atom stereocenters. The van der Waals surface area contributed by atoms with E-state index in [-0.39, 0.29) is 0 Å². The van der Waals surface area contributed by atoms with E-state index < -0.39 is 11.9 Å². The average molecular weight is 187 g/mol. The van der Waals surface area contributed by atoms with Crippen LogP contribution in [-0.2, 0) is 12.5 Å². The lowest BCUT2D eigenvalue weighted by atomic mass is 9.75. The Morgan fingerprint density at radius 1 is 1.46 bits per heavy atom. The monoisotopic (exact) mass is 187 g/mol.